The first-order valence-corrected chi connectivity index (χ1v) is 38.0. The third-order valence-electron chi connectivity index (χ3n) is 17.6. The molecule has 100 heavy (non-hydrogen) atoms. The summed E-state index contributed by atoms with van der Waals surface area (Å²) in [7, 11) is -14.9. The van der Waals surface area contributed by atoms with Gasteiger partial charge in [0, 0.05) is 85.5 Å². The molecular formula is C58H103N6O33P3. The van der Waals surface area contributed by atoms with Crippen LogP contribution in [0.4, 0.5) is 0 Å². The molecule has 39 nitrogen and oxygen atoms in total. The Morgan fingerprint density at radius 1 is 0.460 bits per heavy atom. The molecule has 578 valence electrons. The lowest BCUT2D eigenvalue weighted by Gasteiger charge is -2.42. The molecule has 0 aromatic carbocycles. The number of carbonyl (C=O) groups excluding carboxylic acids is 6. The second kappa shape index (κ2) is 39.8. The zero-order valence-electron chi connectivity index (χ0n) is 56.8. The molecule has 6 rings (SSSR count). The van der Waals surface area contributed by atoms with Gasteiger partial charge in [0.25, 0.3) is 0 Å². The summed E-state index contributed by atoms with van der Waals surface area (Å²) in [6.45, 7) is 3.85. The van der Waals surface area contributed by atoms with E-state index in [1.807, 2.05) is 6.92 Å². The summed E-state index contributed by atoms with van der Waals surface area (Å²) in [6.07, 6.45) is -20.3. The maximum atomic E-state index is 14.1. The molecule has 0 saturated carbocycles. The largest absolute Gasteiger partial charge is 0.472 e. The Labute approximate surface area is 578 Å². The molecule has 6 aliphatic rings. The van der Waals surface area contributed by atoms with E-state index in [2.05, 4.69) is 16.0 Å². The Hall–Kier alpha value is -3.45. The quantitative estimate of drug-likeness (QED) is 0.0210. The van der Waals surface area contributed by atoms with E-state index < -0.39 is 227 Å². The first-order valence-electron chi connectivity index (χ1n) is 33.5. The number of hydrogen-bond donors (Lipinski definition) is 15. The molecule has 15 N–H and O–H groups in total. The second-order valence-corrected chi connectivity index (χ2v) is 30.0. The van der Waals surface area contributed by atoms with Gasteiger partial charge < -0.3 is 120 Å². The zero-order valence-corrected chi connectivity index (χ0v) is 59.5. The number of aliphatic hydroxyl groups is 9. The number of nitrogens with zero attached hydrogens (tertiary/aromatic N) is 3. The van der Waals surface area contributed by atoms with E-state index in [0.717, 1.165) is 0 Å². The van der Waals surface area contributed by atoms with Gasteiger partial charge in [0.2, 0.25) is 35.4 Å². The van der Waals surface area contributed by atoms with Crippen LogP contribution in [0.15, 0.2) is 0 Å². The fourth-order valence-electron chi connectivity index (χ4n) is 12.8. The molecule has 6 saturated heterocycles. The van der Waals surface area contributed by atoms with Gasteiger partial charge in [-0.1, -0.05) is 6.92 Å². The predicted molar refractivity (Wildman–Crippen MR) is 338 cm³/mol. The smallest absolute Gasteiger partial charge is 0.394 e. The fraction of sp³-hybridized carbons (Fsp3) is 0.897. The lowest BCUT2D eigenvalue weighted by molar-refractivity contribution is -0.270. The summed E-state index contributed by atoms with van der Waals surface area (Å²) in [5.74, 6) is -3.14. The van der Waals surface area contributed by atoms with Crippen LogP contribution < -0.4 is 16.0 Å². The molecule has 24 atom stereocenters. The summed E-state index contributed by atoms with van der Waals surface area (Å²) in [5, 5.41) is 99.4. The van der Waals surface area contributed by atoms with Crippen molar-refractivity contribution in [2.75, 3.05) is 72.5 Å². The lowest BCUT2D eigenvalue weighted by atomic mass is 9.97. The summed E-state index contributed by atoms with van der Waals surface area (Å²) in [6, 6.07) is -6.24. The first-order chi connectivity index (χ1) is 47.1. The van der Waals surface area contributed by atoms with E-state index in [9.17, 15) is 103 Å². The molecule has 0 aromatic heterocycles. The van der Waals surface area contributed by atoms with Crippen molar-refractivity contribution >= 4 is 58.9 Å². The molecule has 6 aliphatic heterocycles. The zero-order chi connectivity index (χ0) is 74.0. The molecule has 0 spiro atoms. The average Bonchev–Trinajstić information content (AvgIpc) is 1.48. The Morgan fingerprint density at radius 3 is 1.03 bits per heavy atom. The summed E-state index contributed by atoms with van der Waals surface area (Å²) < 4.78 is 107. The number of amides is 6. The number of unbranched alkanes of at least 4 members (excludes halogenated alkanes) is 3. The van der Waals surface area contributed by atoms with Gasteiger partial charge >= 0.3 is 23.5 Å². The molecular weight excluding hydrogens is 1400 g/mol. The van der Waals surface area contributed by atoms with Crippen LogP contribution in [0, 0.1) is 0 Å². The van der Waals surface area contributed by atoms with Crippen molar-refractivity contribution in [2.24, 2.45) is 0 Å². The van der Waals surface area contributed by atoms with Crippen molar-refractivity contribution in [3.8, 4) is 0 Å². The normalized spacial score (nSPS) is 34.4. The third kappa shape index (κ3) is 25.4. The van der Waals surface area contributed by atoms with Crippen molar-refractivity contribution in [3.05, 3.63) is 0 Å². The summed E-state index contributed by atoms with van der Waals surface area (Å²) in [4.78, 5) is 114. The van der Waals surface area contributed by atoms with Crippen LogP contribution in [0.2, 0.25) is 0 Å². The van der Waals surface area contributed by atoms with Gasteiger partial charge in [-0.15, -0.1) is 0 Å². The van der Waals surface area contributed by atoms with Crippen LogP contribution in [-0.2, 0) is 98.0 Å². The molecule has 6 fully saturated rings. The number of hydrogen-bond acceptors (Lipinski definition) is 30. The van der Waals surface area contributed by atoms with Gasteiger partial charge in [-0.2, -0.15) is 0 Å². The first kappa shape index (κ1) is 85.5. The number of phosphoric acid groups is 3. The van der Waals surface area contributed by atoms with Crippen LogP contribution in [0.1, 0.15) is 125 Å². The number of likely N-dealkylation sites (tertiary alicyclic amines) is 3. The van der Waals surface area contributed by atoms with E-state index >= 15 is 0 Å². The van der Waals surface area contributed by atoms with Crippen molar-refractivity contribution in [1.29, 1.82) is 0 Å². The van der Waals surface area contributed by atoms with Gasteiger partial charge in [0.15, 0.2) is 18.9 Å². The minimum absolute atomic E-state index is 0.0101. The standard InChI is InChI=1S/C58H103N6O33P3/c1-7-35-20-38(23-62(35)44(71)14-8-11-17-86-56-47(59-32(4)68)53(77)50(74)41(26-65)91-56)95-98(80,81)89-29-36-21-39(24-63(36)45(72)15-9-12-18-87-57-48(60-33(5)69)54(78)51(75)42(27-66)92-57)96-99(82,83)90-30-37-22-40(97-100(84,85)94-31(2)3)25-64(37)46(73)16-10-13-19-88-58-49(61-34(6)70)55(79)52(76)43(28-67)93-58/h31,35-43,47-58,65-67,74-79H,7-30H2,1-6H3,(H,59,68)(H,60,69)(H,61,70)(H,80,81)(H,82,83)(H,84,85)/t35-,36+,37+,38-,39-,40-,41?,42?,43?,47?,48?,49?,50?,51?,52?,53?,54?,55?,56?,57?,58?/m1/s1. The van der Waals surface area contributed by atoms with Gasteiger partial charge in [-0.25, -0.2) is 13.7 Å². The Bertz CT molecular complexity index is 2790. The summed E-state index contributed by atoms with van der Waals surface area (Å²) >= 11 is 0. The highest BCUT2D eigenvalue weighted by atomic mass is 31.2. The Balaban J connectivity index is 1.07. The van der Waals surface area contributed by atoms with Gasteiger partial charge in [-0.05, 0) is 78.1 Å². The van der Waals surface area contributed by atoms with E-state index in [-0.39, 0.29) is 109 Å². The van der Waals surface area contributed by atoms with Gasteiger partial charge in [0.1, 0.15) is 73.1 Å². The fourth-order valence-corrected chi connectivity index (χ4v) is 15.8. The van der Waals surface area contributed by atoms with Crippen molar-refractivity contribution < 1.29 is 159 Å². The van der Waals surface area contributed by atoms with Crippen molar-refractivity contribution in [3.63, 3.8) is 0 Å². The maximum absolute atomic E-state index is 14.1. The minimum Gasteiger partial charge on any atom is -0.394 e. The van der Waals surface area contributed by atoms with E-state index in [0.29, 0.717) is 12.8 Å². The van der Waals surface area contributed by atoms with E-state index in [4.69, 9.17) is 55.6 Å². The highest BCUT2D eigenvalue weighted by molar-refractivity contribution is 7.48. The minimum atomic E-state index is -5.19. The Kier molecular flexibility index (Phi) is 34.0. The van der Waals surface area contributed by atoms with Gasteiger partial charge in [-0.3, -0.25) is 55.9 Å². The number of ether oxygens (including phenoxy) is 6. The molecule has 0 radical (unpaired) electrons. The van der Waals surface area contributed by atoms with Crippen LogP contribution in [-0.4, -0.2) is 318 Å². The number of aliphatic hydroxyl groups excluding tert-OH is 9. The number of rotatable bonds is 39. The van der Waals surface area contributed by atoms with Crippen molar-refractivity contribution in [1.82, 2.24) is 30.7 Å². The number of carbonyl (C=O) groups is 6. The molecule has 0 aromatic rings. The molecule has 6 heterocycles. The number of nitrogens with one attached hydrogen (secondary N) is 3. The van der Waals surface area contributed by atoms with E-state index in [1.54, 1.807) is 0 Å². The lowest BCUT2D eigenvalue weighted by Crippen LogP contribution is -2.64. The topological polar surface area (TPSA) is 553 Å². The highest BCUT2D eigenvalue weighted by Gasteiger charge is 2.50. The monoisotopic (exact) mass is 1500 g/mol. The SMILES string of the molecule is CC[C@@H]1C[C@@H](OP(=O)(O)OC[C@@H]2C[C@@H](OP(=O)(O)OC[C@@H]3C[C@@H](OP(=O)(O)OC(C)C)CN3C(=O)CCCCOC3OC(CO)C(O)C(O)C3NC(C)=O)CN2C(=O)CCCCOC2OC(CO)C(O)C(O)C2NC(C)=O)CN1C(=O)CCCCOC1OC(CO)C(O)C(O)C1NC(C)=O. The third-order valence-corrected chi connectivity index (χ3v) is 20.9. The van der Waals surface area contributed by atoms with Crippen LogP contribution >= 0.6 is 23.5 Å². The average molecular weight is 1510 g/mol. The van der Waals surface area contributed by atoms with Crippen LogP contribution in [0.25, 0.3) is 0 Å². The molecule has 0 bridgehead atoms. The second-order valence-electron chi connectivity index (χ2n) is 25.8. The van der Waals surface area contributed by atoms with Crippen LogP contribution in [0.5, 0.6) is 0 Å². The highest BCUT2D eigenvalue weighted by Crippen LogP contribution is 2.51. The molecule has 6 amide bonds. The molecule has 42 heteroatoms. The predicted octanol–water partition coefficient (Wildman–Crippen LogP) is -3.49. The van der Waals surface area contributed by atoms with E-state index in [1.165, 1.54) is 49.3 Å². The maximum Gasteiger partial charge on any atom is 0.472 e. The van der Waals surface area contributed by atoms with Gasteiger partial charge in [0.05, 0.1) is 69.5 Å². The van der Waals surface area contributed by atoms with Crippen LogP contribution in [0.3, 0.4) is 0 Å². The molecule has 18 unspecified atom stereocenters. The van der Waals surface area contributed by atoms with Crippen molar-refractivity contribution in [2.45, 2.75) is 259 Å². The summed E-state index contributed by atoms with van der Waals surface area (Å²) in [5.41, 5.74) is 0. The molecule has 0 aliphatic carbocycles. The Morgan fingerprint density at radius 2 is 0.750 bits per heavy atom. The number of phosphoric ester groups is 3.